The molecule has 0 saturated carbocycles. The van der Waals surface area contributed by atoms with Crippen LogP contribution in [0.2, 0.25) is 0 Å². The first-order chi connectivity index (χ1) is 10.4. The molecule has 0 spiro atoms. The van der Waals surface area contributed by atoms with Gasteiger partial charge in [0.2, 0.25) is 9.84 Å². The van der Waals surface area contributed by atoms with E-state index in [0.717, 1.165) is 5.69 Å². The van der Waals surface area contributed by atoms with Crippen molar-refractivity contribution in [2.24, 2.45) is 0 Å². The summed E-state index contributed by atoms with van der Waals surface area (Å²) in [6, 6.07) is 10.7. The lowest BCUT2D eigenvalue weighted by Crippen LogP contribution is -2.21. The summed E-state index contributed by atoms with van der Waals surface area (Å²) in [5, 5.41) is 8.93. The maximum atomic E-state index is 12.7. The molecular weight excluding hydrogens is 300 g/mol. The lowest BCUT2D eigenvalue weighted by Gasteiger charge is -2.21. The number of carbonyl (C=O) groups is 1. The largest absolute Gasteiger partial charge is 0.378 e. The van der Waals surface area contributed by atoms with E-state index in [1.54, 1.807) is 17.0 Å². The second-order valence-electron chi connectivity index (χ2n) is 5.23. The Morgan fingerprint density at radius 3 is 2.36 bits per heavy atom. The van der Waals surface area contributed by atoms with Crippen LogP contribution in [0.15, 0.2) is 46.2 Å². The zero-order valence-electron chi connectivity index (χ0n) is 12.0. The van der Waals surface area contributed by atoms with E-state index in [1.165, 1.54) is 24.3 Å². The fourth-order valence-electron chi connectivity index (χ4n) is 2.47. The molecule has 1 aliphatic rings. The molecule has 1 aliphatic heterocycles. The predicted octanol–water partition coefficient (Wildman–Crippen LogP) is 2.00. The molecule has 5 nitrogen and oxygen atoms in total. The first-order valence-electron chi connectivity index (χ1n) is 6.51. The summed E-state index contributed by atoms with van der Waals surface area (Å²) in [5.41, 5.74) is 1.24. The number of sulfone groups is 1. The summed E-state index contributed by atoms with van der Waals surface area (Å²) in [6.07, 6.45) is 0. The number of hydrogen-bond donors (Lipinski definition) is 0. The summed E-state index contributed by atoms with van der Waals surface area (Å²) in [4.78, 5) is 14.3. The molecule has 0 saturated heterocycles. The molecule has 0 unspecified atom stereocenters. The highest BCUT2D eigenvalue weighted by Gasteiger charge is 2.35. The van der Waals surface area contributed by atoms with E-state index in [9.17, 15) is 13.2 Å². The molecule has 6 heteroatoms. The van der Waals surface area contributed by atoms with Gasteiger partial charge < -0.3 is 4.90 Å². The lowest BCUT2D eigenvalue weighted by atomic mass is 10.0. The number of hydrogen-bond acceptors (Lipinski definition) is 5. The molecule has 0 radical (unpaired) electrons. The van der Waals surface area contributed by atoms with Gasteiger partial charge in [-0.05, 0) is 36.4 Å². The Labute approximate surface area is 128 Å². The fraction of sp³-hybridized carbons (Fsp3) is 0.125. The molecule has 0 aliphatic carbocycles. The van der Waals surface area contributed by atoms with Gasteiger partial charge in [0.1, 0.15) is 0 Å². The SMILES string of the molecule is CN(C)c1ccc2c(c1)C(=O)c1ccc(C#N)cc1S2(=O)=O. The van der Waals surface area contributed by atoms with E-state index in [2.05, 4.69) is 0 Å². The summed E-state index contributed by atoms with van der Waals surface area (Å²) in [7, 11) is -0.168. The fourth-order valence-corrected chi connectivity index (χ4v) is 4.13. The monoisotopic (exact) mass is 312 g/mol. The van der Waals surface area contributed by atoms with Gasteiger partial charge in [-0.15, -0.1) is 0 Å². The molecule has 0 aromatic heterocycles. The third kappa shape index (κ3) is 1.90. The number of ketones is 1. The molecule has 1 heterocycles. The van der Waals surface area contributed by atoms with Crippen LogP contribution < -0.4 is 4.90 Å². The van der Waals surface area contributed by atoms with E-state index in [0.29, 0.717) is 0 Å². The summed E-state index contributed by atoms with van der Waals surface area (Å²) in [5.74, 6) is -0.340. The van der Waals surface area contributed by atoms with Crippen molar-refractivity contribution < 1.29 is 13.2 Å². The van der Waals surface area contributed by atoms with Crippen LogP contribution in [0.1, 0.15) is 21.5 Å². The van der Waals surface area contributed by atoms with Gasteiger partial charge in [0.05, 0.1) is 21.4 Å². The van der Waals surface area contributed by atoms with Crippen molar-refractivity contribution in [2.75, 3.05) is 19.0 Å². The normalized spacial score (nSPS) is 14.7. The third-order valence-corrected chi connectivity index (χ3v) is 5.51. The minimum Gasteiger partial charge on any atom is -0.378 e. The Bertz CT molecular complexity index is 954. The van der Waals surface area contributed by atoms with E-state index in [4.69, 9.17) is 5.26 Å². The van der Waals surface area contributed by atoms with Gasteiger partial charge in [-0.3, -0.25) is 4.79 Å². The maximum Gasteiger partial charge on any atom is 0.208 e. The minimum atomic E-state index is -3.80. The van der Waals surface area contributed by atoms with Crippen molar-refractivity contribution in [3.63, 3.8) is 0 Å². The van der Waals surface area contributed by atoms with E-state index >= 15 is 0 Å². The highest BCUT2D eigenvalue weighted by atomic mass is 32.2. The molecule has 0 bridgehead atoms. The van der Waals surface area contributed by atoms with Crippen molar-refractivity contribution in [2.45, 2.75) is 9.79 Å². The molecule has 2 aromatic carbocycles. The lowest BCUT2D eigenvalue weighted by molar-refractivity contribution is 0.103. The predicted molar refractivity (Wildman–Crippen MR) is 80.8 cm³/mol. The van der Waals surface area contributed by atoms with Gasteiger partial charge in [-0.1, -0.05) is 0 Å². The molecule has 22 heavy (non-hydrogen) atoms. The summed E-state index contributed by atoms with van der Waals surface area (Å²) < 4.78 is 25.4. The van der Waals surface area contributed by atoms with Crippen LogP contribution in [0, 0.1) is 11.3 Å². The average Bonchev–Trinajstić information content (AvgIpc) is 2.52. The molecule has 3 rings (SSSR count). The Morgan fingerprint density at radius 1 is 1.00 bits per heavy atom. The van der Waals surface area contributed by atoms with Crippen LogP contribution in [0.3, 0.4) is 0 Å². The first kappa shape index (κ1) is 14.3. The molecular formula is C16H12N2O3S. The molecule has 0 amide bonds. The Balaban J connectivity index is 2.33. The average molecular weight is 312 g/mol. The van der Waals surface area contributed by atoms with Crippen LogP contribution in [-0.2, 0) is 9.84 Å². The second-order valence-corrected chi connectivity index (χ2v) is 7.12. The quantitative estimate of drug-likeness (QED) is 0.687. The topological polar surface area (TPSA) is 78.2 Å². The van der Waals surface area contributed by atoms with Gasteiger partial charge in [0.25, 0.3) is 0 Å². The van der Waals surface area contributed by atoms with Crippen molar-refractivity contribution in [3.8, 4) is 6.07 Å². The molecule has 0 atom stereocenters. The molecule has 0 N–H and O–H groups in total. The summed E-state index contributed by atoms with van der Waals surface area (Å²) in [6.45, 7) is 0. The van der Waals surface area contributed by atoms with Crippen LogP contribution in [0.25, 0.3) is 0 Å². The zero-order chi connectivity index (χ0) is 16.1. The van der Waals surface area contributed by atoms with Crippen molar-refractivity contribution in [3.05, 3.63) is 53.1 Å². The zero-order valence-corrected chi connectivity index (χ0v) is 12.8. The van der Waals surface area contributed by atoms with E-state index < -0.39 is 9.84 Å². The van der Waals surface area contributed by atoms with Crippen LogP contribution in [0.5, 0.6) is 0 Å². The van der Waals surface area contributed by atoms with Crippen LogP contribution in [0.4, 0.5) is 5.69 Å². The van der Waals surface area contributed by atoms with Crippen molar-refractivity contribution in [1.29, 1.82) is 5.26 Å². The highest BCUT2D eigenvalue weighted by molar-refractivity contribution is 7.91. The van der Waals surface area contributed by atoms with Gasteiger partial charge in [-0.25, -0.2) is 8.42 Å². The Morgan fingerprint density at radius 2 is 1.73 bits per heavy atom. The van der Waals surface area contributed by atoms with Crippen LogP contribution >= 0.6 is 0 Å². The van der Waals surface area contributed by atoms with Crippen molar-refractivity contribution in [1.82, 2.24) is 0 Å². The number of rotatable bonds is 1. The highest BCUT2D eigenvalue weighted by Crippen LogP contribution is 2.36. The molecule has 110 valence electrons. The number of anilines is 1. The minimum absolute atomic E-state index is 0.00862. The Kier molecular flexibility index (Phi) is 3.04. The molecule has 2 aromatic rings. The van der Waals surface area contributed by atoms with Crippen LogP contribution in [-0.4, -0.2) is 28.3 Å². The number of nitrogens with zero attached hydrogens (tertiary/aromatic N) is 2. The second kappa shape index (κ2) is 4.68. The molecule has 0 fully saturated rings. The van der Waals surface area contributed by atoms with Gasteiger partial charge in [0, 0.05) is 30.9 Å². The number of carbonyl (C=O) groups excluding carboxylic acids is 1. The van der Waals surface area contributed by atoms with Crippen molar-refractivity contribution >= 4 is 21.3 Å². The van der Waals surface area contributed by atoms with Gasteiger partial charge in [0.15, 0.2) is 5.78 Å². The summed E-state index contributed by atoms with van der Waals surface area (Å²) >= 11 is 0. The van der Waals surface area contributed by atoms with Gasteiger partial charge >= 0.3 is 0 Å². The van der Waals surface area contributed by atoms with E-state index in [-0.39, 0.29) is 32.3 Å². The number of fused-ring (bicyclic) bond motifs is 2. The number of benzene rings is 2. The first-order valence-corrected chi connectivity index (χ1v) is 8.00. The van der Waals surface area contributed by atoms with Gasteiger partial charge in [-0.2, -0.15) is 5.26 Å². The smallest absolute Gasteiger partial charge is 0.208 e. The Hall–Kier alpha value is -2.65. The maximum absolute atomic E-state index is 12.7. The third-order valence-electron chi connectivity index (χ3n) is 3.66. The number of nitriles is 1. The standard InChI is InChI=1S/C16H12N2O3S/c1-18(2)11-4-6-14-13(8-11)16(19)12-5-3-10(9-17)7-15(12)22(14,20)21/h3-8H,1-2H3. The van der Waals surface area contributed by atoms with E-state index in [1.807, 2.05) is 20.2 Å².